The zero-order chi connectivity index (χ0) is 21.8. The molecule has 4 rings (SSSR count). The van der Waals surface area contributed by atoms with Crippen molar-refractivity contribution < 1.29 is 14.3 Å². The monoisotopic (exact) mass is 420 g/mol. The maximum atomic E-state index is 13.0. The van der Waals surface area contributed by atoms with Crippen molar-refractivity contribution in [2.45, 2.75) is 39.5 Å². The van der Waals surface area contributed by atoms with Gasteiger partial charge in [0.1, 0.15) is 5.75 Å². The second kappa shape index (κ2) is 9.54. The first kappa shape index (κ1) is 21.4. The van der Waals surface area contributed by atoms with Gasteiger partial charge in [0.05, 0.1) is 6.61 Å². The van der Waals surface area contributed by atoms with E-state index in [1.165, 1.54) is 5.56 Å². The van der Waals surface area contributed by atoms with Crippen LogP contribution in [0.15, 0.2) is 42.5 Å². The largest absolute Gasteiger partial charge is 0.493 e. The lowest BCUT2D eigenvalue weighted by Crippen LogP contribution is -2.41. The molecule has 2 fully saturated rings. The Balaban J connectivity index is 1.34. The van der Waals surface area contributed by atoms with Gasteiger partial charge in [-0.15, -0.1) is 0 Å². The summed E-state index contributed by atoms with van der Waals surface area (Å²) in [5.41, 5.74) is 3.80. The number of piperidine rings is 1. The summed E-state index contributed by atoms with van der Waals surface area (Å²) in [6.45, 7) is 7.85. The van der Waals surface area contributed by atoms with Crippen LogP contribution in [0.2, 0.25) is 0 Å². The molecule has 0 N–H and O–H groups in total. The number of benzene rings is 2. The lowest BCUT2D eigenvalue weighted by atomic mass is 9.97. The smallest absolute Gasteiger partial charge is 0.253 e. The SMILES string of the molecule is Cc1ccc(C(=O)N2CCC[C@@H](COc3cccc(C(=O)N4CCCC4)c3)C2)cc1C. The predicted molar refractivity (Wildman–Crippen MR) is 122 cm³/mol. The molecule has 0 bridgehead atoms. The first-order valence-electron chi connectivity index (χ1n) is 11.4. The maximum absolute atomic E-state index is 13.0. The van der Waals surface area contributed by atoms with E-state index in [9.17, 15) is 9.59 Å². The summed E-state index contributed by atoms with van der Waals surface area (Å²) in [5.74, 6) is 1.21. The topological polar surface area (TPSA) is 49.9 Å². The zero-order valence-electron chi connectivity index (χ0n) is 18.6. The zero-order valence-corrected chi connectivity index (χ0v) is 18.6. The van der Waals surface area contributed by atoms with E-state index in [0.29, 0.717) is 24.6 Å². The third kappa shape index (κ3) is 5.09. The van der Waals surface area contributed by atoms with Crippen LogP contribution < -0.4 is 4.74 Å². The molecule has 164 valence electrons. The third-order valence-corrected chi connectivity index (χ3v) is 6.52. The van der Waals surface area contributed by atoms with E-state index in [2.05, 4.69) is 6.92 Å². The summed E-state index contributed by atoms with van der Waals surface area (Å²) in [6, 6.07) is 13.4. The standard InChI is InChI=1S/C26H32N2O3/c1-19-10-11-23(15-20(19)2)26(30)28-14-6-7-21(17-28)18-31-24-9-5-8-22(16-24)25(29)27-12-3-4-13-27/h5,8-11,15-16,21H,3-4,6-7,12-14,17-18H2,1-2H3/t21-/m1/s1. The van der Waals surface area contributed by atoms with Crippen LogP contribution in [0.5, 0.6) is 5.75 Å². The van der Waals surface area contributed by atoms with E-state index in [1.807, 2.05) is 59.2 Å². The molecule has 2 aliphatic rings. The minimum Gasteiger partial charge on any atom is -0.493 e. The highest BCUT2D eigenvalue weighted by Crippen LogP contribution is 2.23. The molecule has 2 aliphatic heterocycles. The Bertz CT molecular complexity index is 949. The summed E-state index contributed by atoms with van der Waals surface area (Å²) in [4.78, 5) is 29.5. The summed E-state index contributed by atoms with van der Waals surface area (Å²) >= 11 is 0. The number of likely N-dealkylation sites (tertiary alicyclic amines) is 2. The fourth-order valence-corrected chi connectivity index (χ4v) is 4.48. The highest BCUT2D eigenvalue weighted by atomic mass is 16.5. The molecule has 0 unspecified atom stereocenters. The summed E-state index contributed by atoms with van der Waals surface area (Å²) in [7, 11) is 0. The number of aryl methyl sites for hydroxylation is 2. The molecular formula is C26H32N2O3. The molecular weight excluding hydrogens is 388 g/mol. The molecule has 2 aromatic carbocycles. The molecule has 2 amide bonds. The van der Waals surface area contributed by atoms with Gasteiger partial charge in [0.25, 0.3) is 11.8 Å². The van der Waals surface area contributed by atoms with E-state index < -0.39 is 0 Å². The molecule has 0 radical (unpaired) electrons. The molecule has 0 aromatic heterocycles. The molecule has 2 aromatic rings. The number of ether oxygens (including phenoxy) is 1. The normalized spacial score (nSPS) is 18.8. The fourth-order valence-electron chi connectivity index (χ4n) is 4.48. The van der Waals surface area contributed by atoms with Gasteiger partial charge in [0, 0.05) is 43.2 Å². The number of amides is 2. The Morgan fingerprint density at radius 3 is 2.35 bits per heavy atom. The van der Waals surface area contributed by atoms with Gasteiger partial charge in [0.2, 0.25) is 0 Å². The van der Waals surface area contributed by atoms with Crippen molar-refractivity contribution in [1.82, 2.24) is 9.80 Å². The fraction of sp³-hybridized carbons (Fsp3) is 0.462. The lowest BCUT2D eigenvalue weighted by molar-refractivity contribution is 0.0632. The molecule has 0 saturated carbocycles. The van der Waals surface area contributed by atoms with Gasteiger partial charge in [-0.3, -0.25) is 9.59 Å². The molecule has 31 heavy (non-hydrogen) atoms. The van der Waals surface area contributed by atoms with Crippen LogP contribution in [0.25, 0.3) is 0 Å². The Labute approximate surface area is 185 Å². The second-order valence-electron chi connectivity index (χ2n) is 8.90. The number of rotatable bonds is 5. The van der Waals surface area contributed by atoms with E-state index in [4.69, 9.17) is 4.74 Å². The highest BCUT2D eigenvalue weighted by Gasteiger charge is 2.25. The van der Waals surface area contributed by atoms with Gasteiger partial charge in [-0.05, 0) is 81.0 Å². The van der Waals surface area contributed by atoms with Crippen molar-refractivity contribution in [1.29, 1.82) is 0 Å². The van der Waals surface area contributed by atoms with Crippen LogP contribution in [0.3, 0.4) is 0 Å². The van der Waals surface area contributed by atoms with Crippen molar-refractivity contribution in [3.63, 3.8) is 0 Å². The van der Waals surface area contributed by atoms with Crippen molar-refractivity contribution in [3.8, 4) is 5.75 Å². The Hall–Kier alpha value is -2.82. The molecule has 2 heterocycles. The van der Waals surface area contributed by atoms with Crippen LogP contribution in [0.4, 0.5) is 0 Å². The van der Waals surface area contributed by atoms with Crippen molar-refractivity contribution in [3.05, 3.63) is 64.7 Å². The van der Waals surface area contributed by atoms with Gasteiger partial charge < -0.3 is 14.5 Å². The lowest BCUT2D eigenvalue weighted by Gasteiger charge is -2.33. The van der Waals surface area contributed by atoms with Gasteiger partial charge >= 0.3 is 0 Å². The predicted octanol–water partition coefficient (Wildman–Crippen LogP) is 4.47. The van der Waals surface area contributed by atoms with Crippen molar-refractivity contribution in [2.75, 3.05) is 32.8 Å². The van der Waals surface area contributed by atoms with E-state index in [-0.39, 0.29) is 11.8 Å². The number of hydrogen-bond donors (Lipinski definition) is 0. The van der Waals surface area contributed by atoms with Crippen LogP contribution in [0, 0.1) is 19.8 Å². The molecule has 2 saturated heterocycles. The average molecular weight is 421 g/mol. The average Bonchev–Trinajstić information content (AvgIpc) is 3.34. The number of carbonyl (C=O) groups excluding carboxylic acids is 2. The molecule has 0 aliphatic carbocycles. The number of nitrogens with zero attached hydrogens (tertiary/aromatic N) is 2. The third-order valence-electron chi connectivity index (χ3n) is 6.52. The molecule has 0 spiro atoms. The number of hydrogen-bond acceptors (Lipinski definition) is 3. The molecule has 1 atom stereocenters. The Kier molecular flexibility index (Phi) is 6.59. The van der Waals surface area contributed by atoms with E-state index >= 15 is 0 Å². The second-order valence-corrected chi connectivity index (χ2v) is 8.90. The Morgan fingerprint density at radius 1 is 0.871 bits per heavy atom. The van der Waals surface area contributed by atoms with Crippen LogP contribution in [0.1, 0.15) is 57.5 Å². The number of carbonyl (C=O) groups is 2. The van der Waals surface area contributed by atoms with Crippen LogP contribution in [-0.4, -0.2) is 54.4 Å². The highest BCUT2D eigenvalue weighted by molar-refractivity contribution is 5.95. The van der Waals surface area contributed by atoms with Crippen LogP contribution >= 0.6 is 0 Å². The minimum atomic E-state index is 0.0887. The molecule has 5 nitrogen and oxygen atoms in total. The van der Waals surface area contributed by atoms with Gasteiger partial charge in [0.15, 0.2) is 0 Å². The summed E-state index contributed by atoms with van der Waals surface area (Å²) in [5, 5.41) is 0. The minimum absolute atomic E-state index is 0.0887. The van der Waals surface area contributed by atoms with Crippen molar-refractivity contribution in [2.24, 2.45) is 5.92 Å². The summed E-state index contributed by atoms with van der Waals surface area (Å²) in [6.07, 6.45) is 4.20. The van der Waals surface area contributed by atoms with E-state index in [0.717, 1.165) is 62.2 Å². The first-order valence-corrected chi connectivity index (χ1v) is 11.4. The van der Waals surface area contributed by atoms with Crippen molar-refractivity contribution >= 4 is 11.8 Å². The maximum Gasteiger partial charge on any atom is 0.253 e. The first-order chi connectivity index (χ1) is 15.0. The van der Waals surface area contributed by atoms with Gasteiger partial charge in [-0.25, -0.2) is 0 Å². The quantitative estimate of drug-likeness (QED) is 0.717. The van der Waals surface area contributed by atoms with Gasteiger partial charge in [-0.2, -0.15) is 0 Å². The Morgan fingerprint density at radius 2 is 1.58 bits per heavy atom. The van der Waals surface area contributed by atoms with Crippen LogP contribution in [-0.2, 0) is 0 Å². The summed E-state index contributed by atoms with van der Waals surface area (Å²) < 4.78 is 6.06. The van der Waals surface area contributed by atoms with Gasteiger partial charge in [-0.1, -0.05) is 12.1 Å². The molecule has 5 heteroatoms. The van der Waals surface area contributed by atoms with E-state index in [1.54, 1.807) is 0 Å².